The number of amides is 2. The van der Waals surface area contributed by atoms with E-state index in [2.05, 4.69) is 20.5 Å². The van der Waals surface area contributed by atoms with E-state index in [1.807, 2.05) is 0 Å². The van der Waals surface area contributed by atoms with Crippen LogP contribution in [0.2, 0.25) is 0 Å². The molecule has 6 nitrogen and oxygen atoms in total. The van der Waals surface area contributed by atoms with Gasteiger partial charge in [-0.2, -0.15) is 10.4 Å². The van der Waals surface area contributed by atoms with Crippen LogP contribution in [-0.4, -0.2) is 27.0 Å². The van der Waals surface area contributed by atoms with Gasteiger partial charge in [0.25, 0.3) is 11.8 Å². The Labute approximate surface area is 96.4 Å². The van der Waals surface area contributed by atoms with Crippen LogP contribution in [0.25, 0.3) is 0 Å². The maximum absolute atomic E-state index is 12.0. The van der Waals surface area contributed by atoms with Gasteiger partial charge in [0.2, 0.25) is 0 Å². The first-order chi connectivity index (χ1) is 8.23. The van der Waals surface area contributed by atoms with Crippen LogP contribution >= 0.6 is 0 Å². The molecule has 85 valence electrons. The van der Waals surface area contributed by atoms with Crippen LogP contribution in [-0.2, 0) is 15.0 Å². The molecule has 1 aliphatic heterocycles. The lowest BCUT2D eigenvalue weighted by molar-refractivity contribution is -0.126. The first-order valence-corrected chi connectivity index (χ1v) is 5.16. The zero-order chi connectivity index (χ0) is 11.9. The van der Waals surface area contributed by atoms with Crippen molar-refractivity contribution in [2.24, 2.45) is 0 Å². The summed E-state index contributed by atoms with van der Waals surface area (Å²) in [5.74, 6) is -0.871. The van der Waals surface area contributed by atoms with Gasteiger partial charge in [0.15, 0.2) is 0 Å². The Morgan fingerprint density at radius 1 is 1.24 bits per heavy atom. The fourth-order valence-electron chi connectivity index (χ4n) is 2.19. The average Bonchev–Trinajstić information content (AvgIpc) is 2.98. The summed E-state index contributed by atoms with van der Waals surface area (Å²) >= 11 is 0. The summed E-state index contributed by atoms with van der Waals surface area (Å²) in [6.45, 7) is 0. The van der Waals surface area contributed by atoms with Gasteiger partial charge in [0.05, 0.1) is 12.1 Å². The third-order valence-corrected chi connectivity index (χ3v) is 3.00. The molecule has 0 bridgehead atoms. The molecule has 3 rings (SSSR count). The van der Waals surface area contributed by atoms with E-state index in [0.29, 0.717) is 11.4 Å². The van der Waals surface area contributed by atoms with Crippen molar-refractivity contribution in [3.05, 3.63) is 42.0 Å². The molecule has 1 aliphatic rings. The first-order valence-electron chi connectivity index (χ1n) is 5.16. The number of aromatic nitrogens is 3. The molecule has 0 aliphatic carbocycles. The van der Waals surface area contributed by atoms with Crippen molar-refractivity contribution >= 4 is 11.8 Å². The number of carbonyl (C=O) groups is 2. The van der Waals surface area contributed by atoms with E-state index in [1.54, 1.807) is 30.6 Å². The monoisotopic (exact) mass is 229 g/mol. The number of nitrogens with zero attached hydrogens (tertiary/aromatic N) is 2. The fraction of sp³-hybridized carbons (Fsp3) is 0.182. The summed E-state index contributed by atoms with van der Waals surface area (Å²) in [6, 6.07) is 5.23. The van der Waals surface area contributed by atoms with Crippen molar-refractivity contribution in [3.8, 4) is 0 Å². The molecule has 0 aromatic carbocycles. The molecular formula is C11H9N4O2. The number of nitrogens with one attached hydrogen (secondary N) is 2. The van der Waals surface area contributed by atoms with Crippen LogP contribution in [0.15, 0.2) is 30.6 Å². The molecule has 1 unspecified atom stereocenters. The number of carbonyl (C=O) groups excluding carboxylic acids is 2. The van der Waals surface area contributed by atoms with Crippen LogP contribution in [0.1, 0.15) is 17.8 Å². The Bertz CT molecular complexity index is 522. The minimum atomic E-state index is -1.08. The minimum absolute atomic E-state index is 0.0250. The van der Waals surface area contributed by atoms with Crippen LogP contribution in [0.4, 0.5) is 0 Å². The molecule has 6 heteroatoms. The molecule has 2 amide bonds. The molecular weight excluding hydrogens is 220 g/mol. The fourth-order valence-corrected chi connectivity index (χ4v) is 2.19. The van der Waals surface area contributed by atoms with Gasteiger partial charge in [0, 0.05) is 18.1 Å². The van der Waals surface area contributed by atoms with E-state index >= 15 is 0 Å². The molecule has 2 aromatic rings. The predicted octanol–water partition coefficient (Wildman–Crippen LogP) is 0.0852. The lowest BCUT2D eigenvalue weighted by Gasteiger charge is -2.21. The minimum Gasteiger partial charge on any atom is -0.364 e. The van der Waals surface area contributed by atoms with E-state index in [4.69, 9.17) is 0 Å². The second-order valence-corrected chi connectivity index (χ2v) is 3.94. The molecule has 17 heavy (non-hydrogen) atoms. The van der Waals surface area contributed by atoms with Crippen molar-refractivity contribution in [1.82, 2.24) is 20.5 Å². The van der Waals surface area contributed by atoms with Gasteiger partial charge in [-0.15, -0.1) is 0 Å². The summed E-state index contributed by atoms with van der Waals surface area (Å²) in [5, 5.41) is 10.2. The van der Waals surface area contributed by atoms with Crippen LogP contribution in [0.5, 0.6) is 0 Å². The summed E-state index contributed by atoms with van der Waals surface area (Å²) in [7, 11) is 0. The third-order valence-electron chi connectivity index (χ3n) is 3.00. The normalized spacial score (nSPS) is 24.0. The van der Waals surface area contributed by atoms with E-state index in [-0.39, 0.29) is 6.42 Å². The molecule has 1 atom stereocenters. The topological polar surface area (TPSA) is 92.7 Å². The van der Waals surface area contributed by atoms with Gasteiger partial charge < -0.3 is 4.98 Å². The Kier molecular flexibility index (Phi) is 1.91. The third kappa shape index (κ3) is 1.24. The maximum Gasteiger partial charge on any atom is 0.267 e. The van der Waals surface area contributed by atoms with Gasteiger partial charge in [-0.1, -0.05) is 0 Å². The zero-order valence-electron chi connectivity index (χ0n) is 8.80. The van der Waals surface area contributed by atoms with E-state index in [9.17, 15) is 9.59 Å². The predicted molar refractivity (Wildman–Crippen MR) is 56.9 cm³/mol. The Balaban J connectivity index is 2.22. The van der Waals surface area contributed by atoms with Crippen molar-refractivity contribution in [1.29, 1.82) is 0 Å². The number of H-pyrrole nitrogens is 2. The lowest BCUT2D eigenvalue weighted by atomic mass is 9.79. The van der Waals surface area contributed by atoms with Crippen molar-refractivity contribution in [3.63, 3.8) is 0 Å². The molecule has 1 radical (unpaired) electrons. The highest BCUT2D eigenvalue weighted by Gasteiger charge is 2.53. The van der Waals surface area contributed by atoms with E-state index < -0.39 is 17.2 Å². The highest BCUT2D eigenvalue weighted by molar-refractivity contribution is 6.10. The standard InChI is InChI=1S/C11H9N4O2/c16-9-6-11(10(17)14-9,7-2-1-4-12-7)8-3-5-13-15-8/h1-5,12H,6H2,(H,13,15). The molecule has 1 saturated heterocycles. The number of hydrogen-bond donors (Lipinski definition) is 2. The van der Waals surface area contributed by atoms with Gasteiger partial charge in [-0.3, -0.25) is 14.7 Å². The number of imide groups is 1. The van der Waals surface area contributed by atoms with E-state index in [1.165, 1.54) is 0 Å². The number of hydrogen-bond acceptors (Lipinski definition) is 3. The maximum atomic E-state index is 12.0. The van der Waals surface area contributed by atoms with Crippen molar-refractivity contribution in [2.45, 2.75) is 11.8 Å². The number of rotatable bonds is 2. The second kappa shape index (κ2) is 3.31. The molecule has 2 aromatic heterocycles. The van der Waals surface area contributed by atoms with Gasteiger partial charge in [-0.25, -0.2) is 0 Å². The van der Waals surface area contributed by atoms with Gasteiger partial charge in [0.1, 0.15) is 5.41 Å². The van der Waals surface area contributed by atoms with Crippen LogP contribution in [0.3, 0.4) is 0 Å². The SMILES string of the molecule is O=C1CC(c2cc[nH]n2)(c2ccc[nH]2)C(=O)[N]1. The van der Waals surface area contributed by atoms with Crippen molar-refractivity contribution < 1.29 is 9.59 Å². The molecule has 0 saturated carbocycles. The summed E-state index contributed by atoms with van der Waals surface area (Å²) < 4.78 is 0. The largest absolute Gasteiger partial charge is 0.364 e. The molecule has 3 heterocycles. The highest BCUT2D eigenvalue weighted by Crippen LogP contribution is 2.37. The zero-order valence-corrected chi connectivity index (χ0v) is 8.80. The Hall–Kier alpha value is -2.37. The van der Waals surface area contributed by atoms with Gasteiger partial charge in [-0.05, 0) is 18.2 Å². The van der Waals surface area contributed by atoms with Gasteiger partial charge >= 0.3 is 0 Å². The van der Waals surface area contributed by atoms with Crippen molar-refractivity contribution in [2.75, 3.05) is 0 Å². The molecule has 0 spiro atoms. The second-order valence-electron chi connectivity index (χ2n) is 3.94. The Morgan fingerprint density at radius 2 is 2.12 bits per heavy atom. The highest BCUT2D eigenvalue weighted by atomic mass is 16.2. The molecule has 2 N–H and O–H groups in total. The summed E-state index contributed by atoms with van der Waals surface area (Å²) in [5.41, 5.74) is 0.0735. The Morgan fingerprint density at radius 3 is 2.65 bits per heavy atom. The lowest BCUT2D eigenvalue weighted by Crippen LogP contribution is -2.35. The number of aromatic amines is 2. The van der Waals surface area contributed by atoms with Crippen LogP contribution in [0, 0.1) is 0 Å². The smallest absolute Gasteiger partial charge is 0.267 e. The van der Waals surface area contributed by atoms with E-state index in [0.717, 1.165) is 0 Å². The molecule has 1 fully saturated rings. The average molecular weight is 229 g/mol. The quantitative estimate of drug-likeness (QED) is 0.714. The van der Waals surface area contributed by atoms with Crippen LogP contribution < -0.4 is 5.32 Å². The summed E-state index contributed by atoms with van der Waals surface area (Å²) in [4.78, 5) is 26.4. The summed E-state index contributed by atoms with van der Waals surface area (Å²) in [6.07, 6.45) is 3.35. The first kappa shape index (κ1) is 9.83.